The summed E-state index contributed by atoms with van der Waals surface area (Å²) >= 11 is 6.07. The van der Waals surface area contributed by atoms with Crippen LogP contribution < -0.4 is 14.9 Å². The average molecular weight is 458 g/mol. The molecule has 0 bridgehead atoms. The van der Waals surface area contributed by atoms with Crippen molar-refractivity contribution in [3.8, 4) is 0 Å². The van der Waals surface area contributed by atoms with Gasteiger partial charge in [0.15, 0.2) is 0 Å². The number of aryl methyl sites for hydroxylation is 1. The van der Waals surface area contributed by atoms with Crippen LogP contribution in [0.1, 0.15) is 24.2 Å². The monoisotopic (exact) mass is 457 g/mol. The molecule has 1 aromatic heterocycles. The largest absolute Gasteiger partial charge is 0.356 e. The van der Waals surface area contributed by atoms with Crippen LogP contribution in [0.5, 0.6) is 0 Å². The molecule has 2 heterocycles. The number of benzene rings is 2. The second-order valence-corrected chi connectivity index (χ2v) is 9.58. The minimum absolute atomic E-state index is 0.160. The fraction of sp³-hybridized carbons (Fsp3) is 0.273. The van der Waals surface area contributed by atoms with Crippen LogP contribution in [0.25, 0.3) is 0 Å². The fourth-order valence-electron chi connectivity index (χ4n) is 3.58. The highest BCUT2D eigenvalue weighted by Crippen LogP contribution is 2.26. The highest BCUT2D eigenvalue weighted by molar-refractivity contribution is 7.92. The van der Waals surface area contributed by atoms with E-state index in [1.807, 2.05) is 13.0 Å². The van der Waals surface area contributed by atoms with Crippen molar-refractivity contribution in [3.63, 3.8) is 0 Å². The molecule has 4 rings (SSSR count). The Morgan fingerprint density at radius 2 is 1.65 bits per heavy atom. The predicted molar refractivity (Wildman–Crippen MR) is 125 cm³/mol. The van der Waals surface area contributed by atoms with E-state index < -0.39 is 10.0 Å². The molecule has 1 fully saturated rings. The molecule has 0 saturated carbocycles. The number of anilines is 4. The molecule has 9 heteroatoms. The standard InChI is InChI=1S/C22H24ClN5O2S/c1-15-19(23)6-5-7-20(15)31(29,30)27-18-10-8-17(9-11-18)26-21-14-22(25-16(2)24-21)28-12-3-4-13-28/h5-11,14,27H,3-4,12-13H2,1-2H3,(H,24,25,26). The van der Waals surface area contributed by atoms with Gasteiger partial charge in [0, 0.05) is 35.6 Å². The molecule has 2 aromatic carbocycles. The van der Waals surface area contributed by atoms with Crippen LogP contribution in [0.15, 0.2) is 53.4 Å². The van der Waals surface area contributed by atoms with Gasteiger partial charge in [0.05, 0.1) is 4.90 Å². The van der Waals surface area contributed by atoms with Gasteiger partial charge in [-0.05, 0) is 68.7 Å². The van der Waals surface area contributed by atoms with Gasteiger partial charge in [0.1, 0.15) is 17.5 Å². The van der Waals surface area contributed by atoms with Crippen molar-refractivity contribution >= 4 is 44.6 Å². The molecule has 0 unspecified atom stereocenters. The van der Waals surface area contributed by atoms with Crippen LogP contribution >= 0.6 is 11.6 Å². The lowest BCUT2D eigenvalue weighted by molar-refractivity contribution is 0.600. The molecule has 2 N–H and O–H groups in total. The van der Waals surface area contributed by atoms with Crippen LogP contribution in [0.4, 0.5) is 23.0 Å². The first-order valence-corrected chi connectivity index (χ1v) is 11.9. The molecule has 3 aromatic rings. The number of nitrogens with zero attached hydrogens (tertiary/aromatic N) is 3. The second kappa shape index (κ2) is 8.72. The fourth-order valence-corrected chi connectivity index (χ4v) is 5.14. The number of rotatable bonds is 6. The van der Waals surface area contributed by atoms with E-state index in [0.29, 0.717) is 27.9 Å². The van der Waals surface area contributed by atoms with Crippen molar-refractivity contribution in [2.24, 2.45) is 0 Å². The van der Waals surface area contributed by atoms with Crippen LogP contribution in [0, 0.1) is 13.8 Å². The third-order valence-electron chi connectivity index (χ3n) is 5.17. The number of hydrogen-bond acceptors (Lipinski definition) is 6. The number of hydrogen-bond donors (Lipinski definition) is 2. The molecule has 0 radical (unpaired) electrons. The Kier molecular flexibility index (Phi) is 6.02. The van der Waals surface area contributed by atoms with E-state index in [-0.39, 0.29) is 4.90 Å². The van der Waals surface area contributed by atoms with Gasteiger partial charge in [0.25, 0.3) is 10.0 Å². The quantitative estimate of drug-likeness (QED) is 0.547. The lowest BCUT2D eigenvalue weighted by Gasteiger charge is -2.18. The summed E-state index contributed by atoms with van der Waals surface area (Å²) in [6.45, 7) is 5.58. The Bertz CT molecular complexity index is 1190. The van der Waals surface area contributed by atoms with E-state index in [1.165, 1.54) is 18.9 Å². The third kappa shape index (κ3) is 4.91. The Labute approximate surface area is 187 Å². The summed E-state index contributed by atoms with van der Waals surface area (Å²) in [5.74, 6) is 2.33. The summed E-state index contributed by atoms with van der Waals surface area (Å²) in [5.41, 5.74) is 1.77. The van der Waals surface area contributed by atoms with Gasteiger partial charge in [-0.2, -0.15) is 0 Å². The molecular weight excluding hydrogens is 434 g/mol. The van der Waals surface area contributed by atoms with E-state index in [9.17, 15) is 8.42 Å². The number of aromatic nitrogens is 2. The van der Waals surface area contributed by atoms with E-state index in [1.54, 1.807) is 43.3 Å². The SMILES string of the molecule is Cc1nc(Nc2ccc(NS(=O)(=O)c3cccc(Cl)c3C)cc2)cc(N2CCCC2)n1. The molecule has 1 aliphatic rings. The predicted octanol–water partition coefficient (Wildman–Crippen LogP) is 4.89. The summed E-state index contributed by atoms with van der Waals surface area (Å²) in [6, 6.07) is 13.8. The summed E-state index contributed by atoms with van der Waals surface area (Å²) < 4.78 is 28.1. The first-order chi connectivity index (χ1) is 14.8. The Morgan fingerprint density at radius 1 is 0.968 bits per heavy atom. The maximum atomic E-state index is 12.7. The molecule has 7 nitrogen and oxygen atoms in total. The van der Waals surface area contributed by atoms with Gasteiger partial charge in [-0.15, -0.1) is 0 Å². The van der Waals surface area contributed by atoms with Crippen LogP contribution in [-0.4, -0.2) is 31.5 Å². The Hall–Kier alpha value is -2.84. The van der Waals surface area contributed by atoms with E-state index in [0.717, 1.165) is 24.6 Å². The molecule has 0 atom stereocenters. The van der Waals surface area contributed by atoms with Crippen LogP contribution in [0.3, 0.4) is 0 Å². The van der Waals surface area contributed by atoms with Gasteiger partial charge < -0.3 is 10.2 Å². The van der Waals surface area contributed by atoms with Gasteiger partial charge in [0.2, 0.25) is 0 Å². The highest BCUT2D eigenvalue weighted by atomic mass is 35.5. The van der Waals surface area contributed by atoms with Gasteiger partial charge in [-0.3, -0.25) is 4.72 Å². The van der Waals surface area contributed by atoms with E-state index in [4.69, 9.17) is 11.6 Å². The Balaban J connectivity index is 1.49. The lowest BCUT2D eigenvalue weighted by atomic mass is 10.2. The minimum Gasteiger partial charge on any atom is -0.356 e. The van der Waals surface area contributed by atoms with E-state index >= 15 is 0 Å². The van der Waals surface area contributed by atoms with Crippen molar-refractivity contribution in [1.82, 2.24) is 9.97 Å². The first kappa shape index (κ1) is 21.4. The molecule has 0 aliphatic carbocycles. The molecule has 31 heavy (non-hydrogen) atoms. The molecular formula is C22H24ClN5O2S. The highest BCUT2D eigenvalue weighted by Gasteiger charge is 2.18. The minimum atomic E-state index is -3.74. The second-order valence-electron chi connectivity index (χ2n) is 7.52. The van der Waals surface area contributed by atoms with Crippen LogP contribution in [-0.2, 0) is 10.0 Å². The summed E-state index contributed by atoms with van der Waals surface area (Å²) in [5, 5.41) is 3.69. The summed E-state index contributed by atoms with van der Waals surface area (Å²) in [4.78, 5) is 11.4. The van der Waals surface area contributed by atoms with Gasteiger partial charge in [-0.1, -0.05) is 17.7 Å². The topological polar surface area (TPSA) is 87.2 Å². The number of sulfonamides is 1. The third-order valence-corrected chi connectivity index (χ3v) is 7.11. The van der Waals surface area contributed by atoms with Crippen molar-refractivity contribution < 1.29 is 8.42 Å². The Morgan fingerprint density at radius 3 is 2.35 bits per heavy atom. The summed E-state index contributed by atoms with van der Waals surface area (Å²) in [7, 11) is -3.74. The van der Waals surface area contributed by atoms with Crippen LogP contribution in [0.2, 0.25) is 5.02 Å². The van der Waals surface area contributed by atoms with Crippen molar-refractivity contribution in [2.75, 3.05) is 28.0 Å². The number of nitrogens with one attached hydrogen (secondary N) is 2. The summed E-state index contributed by atoms with van der Waals surface area (Å²) in [6.07, 6.45) is 2.36. The van der Waals surface area contributed by atoms with Crippen molar-refractivity contribution in [3.05, 3.63) is 64.9 Å². The number of halogens is 1. The maximum Gasteiger partial charge on any atom is 0.262 e. The molecule has 1 aliphatic heterocycles. The molecule has 162 valence electrons. The van der Waals surface area contributed by atoms with Crippen molar-refractivity contribution in [1.29, 1.82) is 0 Å². The van der Waals surface area contributed by atoms with E-state index in [2.05, 4.69) is 24.9 Å². The average Bonchev–Trinajstić information content (AvgIpc) is 3.26. The smallest absolute Gasteiger partial charge is 0.262 e. The van der Waals surface area contributed by atoms with Crippen molar-refractivity contribution in [2.45, 2.75) is 31.6 Å². The molecule has 0 amide bonds. The normalized spacial score (nSPS) is 14.0. The zero-order valence-corrected chi connectivity index (χ0v) is 19.0. The lowest BCUT2D eigenvalue weighted by Crippen LogP contribution is -2.19. The molecule has 1 saturated heterocycles. The molecule has 0 spiro atoms. The van der Waals surface area contributed by atoms with Gasteiger partial charge in [-0.25, -0.2) is 18.4 Å². The maximum absolute atomic E-state index is 12.7. The van der Waals surface area contributed by atoms with Gasteiger partial charge >= 0.3 is 0 Å². The first-order valence-electron chi connectivity index (χ1n) is 10.1. The zero-order valence-electron chi connectivity index (χ0n) is 17.4. The zero-order chi connectivity index (χ0) is 22.0.